The zero-order chi connectivity index (χ0) is 30.0. The van der Waals surface area contributed by atoms with Crippen molar-refractivity contribution in [2.24, 2.45) is 0 Å². The number of rotatable bonds is 14. The zero-order valence-electron chi connectivity index (χ0n) is 24.3. The van der Waals surface area contributed by atoms with Crippen molar-refractivity contribution in [2.75, 3.05) is 23.7 Å². The van der Waals surface area contributed by atoms with E-state index in [2.05, 4.69) is 21.2 Å². The number of amides is 2. The van der Waals surface area contributed by atoms with Crippen LogP contribution in [0.2, 0.25) is 0 Å². The maximum atomic E-state index is 13.9. The Bertz CT molecular complexity index is 1430. The number of nitrogens with one attached hydrogen (secondary N) is 1. The summed E-state index contributed by atoms with van der Waals surface area (Å²) in [5.41, 5.74) is 4.26. The van der Waals surface area contributed by atoms with Crippen molar-refractivity contribution in [1.82, 2.24) is 10.2 Å². The van der Waals surface area contributed by atoms with Gasteiger partial charge < -0.3 is 10.2 Å². The van der Waals surface area contributed by atoms with Gasteiger partial charge in [0.05, 0.1) is 11.9 Å². The second kappa shape index (κ2) is 15.2. The van der Waals surface area contributed by atoms with E-state index in [9.17, 15) is 18.0 Å². The lowest BCUT2D eigenvalue weighted by atomic mass is 10.0. The van der Waals surface area contributed by atoms with E-state index < -0.39 is 16.1 Å². The second-order valence-electron chi connectivity index (χ2n) is 10.4. The molecule has 0 spiro atoms. The standard InChI is InChI=1S/C32H40BrN3O4S/c1-5-18-34-32(38)30(22-26-11-7-6-8-12-26)35(23-27-13-9-14-28(33)21-27)31(37)15-10-19-36(41(4,39)40)29-20-24(2)16-17-25(29)3/h6-9,11-14,16-17,20-21,30H,5,10,15,18-19,22-23H2,1-4H3,(H,34,38). The number of carbonyl (C=O) groups excluding carboxylic acids is 2. The first-order chi connectivity index (χ1) is 19.5. The minimum atomic E-state index is -3.57. The van der Waals surface area contributed by atoms with Crippen molar-refractivity contribution in [3.05, 3.63) is 99.5 Å². The molecule has 1 N–H and O–H groups in total. The van der Waals surface area contributed by atoms with Crippen molar-refractivity contribution < 1.29 is 18.0 Å². The summed E-state index contributed by atoms with van der Waals surface area (Å²) in [6.07, 6.45) is 2.74. The number of nitrogens with zero attached hydrogens (tertiary/aromatic N) is 2. The highest BCUT2D eigenvalue weighted by Crippen LogP contribution is 2.25. The van der Waals surface area contributed by atoms with Gasteiger partial charge in [-0.05, 0) is 67.1 Å². The van der Waals surface area contributed by atoms with Crippen molar-refractivity contribution >= 4 is 43.5 Å². The summed E-state index contributed by atoms with van der Waals surface area (Å²) in [4.78, 5) is 29.0. The Balaban J connectivity index is 1.89. The largest absolute Gasteiger partial charge is 0.354 e. The first-order valence-corrected chi connectivity index (χ1v) is 16.5. The lowest BCUT2D eigenvalue weighted by Crippen LogP contribution is -2.50. The van der Waals surface area contributed by atoms with Gasteiger partial charge in [0.25, 0.3) is 0 Å². The third kappa shape index (κ3) is 9.71. The van der Waals surface area contributed by atoms with Crippen LogP contribution in [0.1, 0.15) is 48.4 Å². The Morgan fingerprint density at radius 1 is 0.951 bits per heavy atom. The Morgan fingerprint density at radius 3 is 2.32 bits per heavy atom. The fraction of sp³-hybridized carbons (Fsp3) is 0.375. The van der Waals surface area contributed by atoms with E-state index in [0.29, 0.717) is 25.1 Å². The summed E-state index contributed by atoms with van der Waals surface area (Å²) < 4.78 is 27.8. The maximum Gasteiger partial charge on any atom is 0.243 e. The topological polar surface area (TPSA) is 86.8 Å². The predicted molar refractivity (Wildman–Crippen MR) is 169 cm³/mol. The van der Waals surface area contributed by atoms with E-state index in [1.165, 1.54) is 10.6 Å². The van der Waals surface area contributed by atoms with Crippen LogP contribution in [0, 0.1) is 13.8 Å². The molecule has 1 unspecified atom stereocenters. The molecule has 0 aliphatic rings. The molecule has 3 aromatic carbocycles. The normalized spacial score (nSPS) is 12.0. The molecule has 0 aromatic heterocycles. The Labute approximate surface area is 253 Å². The minimum Gasteiger partial charge on any atom is -0.354 e. The lowest BCUT2D eigenvalue weighted by molar-refractivity contribution is -0.141. The van der Waals surface area contributed by atoms with Crippen LogP contribution in [-0.4, -0.2) is 50.5 Å². The van der Waals surface area contributed by atoms with Crippen LogP contribution in [0.15, 0.2) is 77.3 Å². The van der Waals surface area contributed by atoms with Gasteiger partial charge in [0.1, 0.15) is 6.04 Å². The first kappa shape index (κ1) is 32.3. The van der Waals surface area contributed by atoms with E-state index in [0.717, 1.165) is 33.1 Å². The van der Waals surface area contributed by atoms with Crippen LogP contribution < -0.4 is 9.62 Å². The Hall–Kier alpha value is -3.17. The summed E-state index contributed by atoms with van der Waals surface area (Å²) >= 11 is 3.51. The quantitative estimate of drug-likeness (QED) is 0.242. The molecule has 9 heteroatoms. The molecule has 0 fully saturated rings. The van der Waals surface area contributed by atoms with E-state index in [4.69, 9.17) is 0 Å². The van der Waals surface area contributed by atoms with Crippen molar-refractivity contribution in [3.63, 3.8) is 0 Å². The number of hydrogen-bond donors (Lipinski definition) is 1. The fourth-order valence-corrected chi connectivity index (χ4v) is 6.18. The third-order valence-corrected chi connectivity index (χ3v) is 8.52. The SMILES string of the molecule is CCCNC(=O)C(Cc1ccccc1)N(Cc1cccc(Br)c1)C(=O)CCCN(c1cc(C)ccc1C)S(C)(=O)=O. The van der Waals surface area contributed by atoms with Gasteiger partial charge in [-0.25, -0.2) is 8.42 Å². The Morgan fingerprint density at radius 2 is 1.66 bits per heavy atom. The summed E-state index contributed by atoms with van der Waals surface area (Å²) in [6, 6.07) is 22.3. The Kier molecular flexibility index (Phi) is 12.0. The molecule has 1 atom stereocenters. The molecule has 41 heavy (non-hydrogen) atoms. The van der Waals surface area contributed by atoms with Gasteiger partial charge in [-0.15, -0.1) is 0 Å². The molecule has 220 valence electrons. The molecule has 2 amide bonds. The highest BCUT2D eigenvalue weighted by Gasteiger charge is 2.30. The van der Waals surface area contributed by atoms with Crippen LogP contribution >= 0.6 is 15.9 Å². The maximum absolute atomic E-state index is 13.9. The number of aryl methyl sites for hydroxylation is 2. The highest BCUT2D eigenvalue weighted by molar-refractivity contribution is 9.10. The van der Waals surface area contributed by atoms with Crippen LogP contribution in [0.4, 0.5) is 5.69 Å². The molecule has 0 aliphatic carbocycles. The van der Waals surface area contributed by atoms with Crippen LogP contribution in [0.3, 0.4) is 0 Å². The second-order valence-corrected chi connectivity index (χ2v) is 13.2. The predicted octanol–water partition coefficient (Wildman–Crippen LogP) is 5.78. The van der Waals surface area contributed by atoms with Crippen LogP contribution in [0.25, 0.3) is 0 Å². The van der Waals surface area contributed by atoms with Gasteiger partial charge in [0, 0.05) is 36.9 Å². The van der Waals surface area contributed by atoms with Gasteiger partial charge in [-0.3, -0.25) is 13.9 Å². The first-order valence-electron chi connectivity index (χ1n) is 13.9. The van der Waals surface area contributed by atoms with E-state index in [1.54, 1.807) is 4.90 Å². The third-order valence-electron chi connectivity index (χ3n) is 6.85. The summed E-state index contributed by atoms with van der Waals surface area (Å²) in [7, 11) is -3.57. The number of carbonyl (C=O) groups is 2. The molecule has 0 bridgehead atoms. The summed E-state index contributed by atoms with van der Waals surface area (Å²) in [5.74, 6) is -0.404. The molecular weight excluding hydrogens is 602 g/mol. The molecule has 0 saturated heterocycles. The number of hydrogen-bond acceptors (Lipinski definition) is 4. The lowest BCUT2D eigenvalue weighted by Gasteiger charge is -2.32. The average molecular weight is 643 g/mol. The van der Waals surface area contributed by atoms with Crippen molar-refractivity contribution in [3.8, 4) is 0 Å². The van der Waals surface area contributed by atoms with Gasteiger partial charge in [0.2, 0.25) is 21.8 Å². The van der Waals surface area contributed by atoms with Crippen molar-refractivity contribution in [2.45, 2.75) is 59.0 Å². The summed E-state index contributed by atoms with van der Waals surface area (Å²) in [6.45, 7) is 6.71. The number of anilines is 1. The van der Waals surface area contributed by atoms with Gasteiger partial charge in [-0.2, -0.15) is 0 Å². The molecule has 7 nitrogen and oxygen atoms in total. The van der Waals surface area contributed by atoms with Crippen LogP contribution in [0.5, 0.6) is 0 Å². The molecular formula is C32H40BrN3O4S. The smallest absolute Gasteiger partial charge is 0.243 e. The monoisotopic (exact) mass is 641 g/mol. The van der Waals surface area contributed by atoms with Gasteiger partial charge >= 0.3 is 0 Å². The molecule has 0 saturated carbocycles. The van der Waals surface area contributed by atoms with E-state index >= 15 is 0 Å². The molecule has 0 heterocycles. The average Bonchev–Trinajstić information content (AvgIpc) is 2.93. The molecule has 3 rings (SSSR count). The van der Waals surface area contributed by atoms with Gasteiger partial charge in [-0.1, -0.05) is 77.5 Å². The van der Waals surface area contributed by atoms with Gasteiger partial charge in [0.15, 0.2) is 0 Å². The van der Waals surface area contributed by atoms with Crippen LogP contribution in [-0.2, 0) is 32.6 Å². The zero-order valence-corrected chi connectivity index (χ0v) is 26.7. The minimum absolute atomic E-state index is 0.0945. The molecule has 0 radical (unpaired) electrons. The number of halogens is 1. The number of sulfonamides is 1. The van der Waals surface area contributed by atoms with E-state index in [1.807, 2.05) is 93.6 Å². The van der Waals surface area contributed by atoms with E-state index in [-0.39, 0.29) is 31.3 Å². The molecule has 3 aromatic rings. The molecule has 0 aliphatic heterocycles. The highest BCUT2D eigenvalue weighted by atomic mass is 79.9. The number of benzene rings is 3. The fourth-order valence-electron chi connectivity index (χ4n) is 4.72. The van der Waals surface area contributed by atoms with Crippen molar-refractivity contribution in [1.29, 1.82) is 0 Å². The summed E-state index contributed by atoms with van der Waals surface area (Å²) in [5, 5.41) is 2.98.